The summed E-state index contributed by atoms with van der Waals surface area (Å²) < 4.78 is 9.97. The summed E-state index contributed by atoms with van der Waals surface area (Å²) in [6.45, 7) is 6.89. The van der Waals surface area contributed by atoms with Gasteiger partial charge in [-0.1, -0.05) is 24.8 Å². The van der Waals surface area contributed by atoms with Crippen LogP contribution in [0.25, 0.3) is 0 Å². The predicted octanol–water partition coefficient (Wildman–Crippen LogP) is 3.75. The van der Waals surface area contributed by atoms with E-state index in [0.29, 0.717) is 29.5 Å². The van der Waals surface area contributed by atoms with Crippen molar-refractivity contribution in [1.82, 2.24) is 0 Å². The maximum absolute atomic E-state index is 12.4. The van der Waals surface area contributed by atoms with Crippen LogP contribution in [0.4, 0.5) is 0 Å². The normalized spacial score (nSPS) is 10.2. The third-order valence-electron chi connectivity index (χ3n) is 4.14. The first kappa shape index (κ1) is 20.9. The van der Waals surface area contributed by atoms with Crippen LogP contribution in [-0.2, 0) is 20.7 Å². The monoisotopic (exact) mass is 382 g/mol. The molecule has 0 saturated carbocycles. The minimum atomic E-state index is -0.790. The first-order valence-electron chi connectivity index (χ1n) is 8.77. The smallest absolute Gasteiger partial charge is 0.346 e. The first-order valence-corrected chi connectivity index (χ1v) is 8.77. The van der Waals surface area contributed by atoms with Crippen LogP contribution in [0.5, 0.6) is 5.75 Å². The van der Waals surface area contributed by atoms with Gasteiger partial charge in [-0.3, -0.25) is 0 Å². The Balaban J connectivity index is 2.06. The maximum Gasteiger partial charge on any atom is 0.346 e. The lowest BCUT2D eigenvalue weighted by Crippen LogP contribution is -2.15. The van der Waals surface area contributed by atoms with Gasteiger partial charge in [0.1, 0.15) is 5.75 Å². The summed E-state index contributed by atoms with van der Waals surface area (Å²) in [6.07, 6.45) is 0.837. The Morgan fingerprint density at radius 2 is 1.71 bits per heavy atom. The average Bonchev–Trinajstić information content (AvgIpc) is 2.67. The SMILES string of the molecule is C=C(C)C(=O)OCCCc1c(O)ccc(C(=O)OC(=O)c2ccccc2)c1C. The number of ether oxygens (including phenoxy) is 2. The average molecular weight is 382 g/mol. The molecule has 0 heterocycles. The minimum absolute atomic E-state index is 0.0228. The van der Waals surface area contributed by atoms with Crippen molar-refractivity contribution in [1.29, 1.82) is 0 Å². The van der Waals surface area contributed by atoms with Crippen LogP contribution >= 0.6 is 0 Å². The van der Waals surface area contributed by atoms with Crippen molar-refractivity contribution in [2.75, 3.05) is 6.61 Å². The zero-order chi connectivity index (χ0) is 20.7. The fraction of sp³-hybridized carbons (Fsp3) is 0.227. The molecular formula is C22H22O6. The molecule has 0 atom stereocenters. The highest BCUT2D eigenvalue weighted by molar-refractivity contribution is 6.03. The Labute approximate surface area is 163 Å². The van der Waals surface area contributed by atoms with Crippen molar-refractivity contribution < 1.29 is 29.0 Å². The number of rotatable bonds is 7. The third-order valence-corrected chi connectivity index (χ3v) is 4.14. The second-order valence-electron chi connectivity index (χ2n) is 6.30. The number of phenols is 1. The lowest BCUT2D eigenvalue weighted by atomic mass is 9.98. The molecule has 0 aliphatic heterocycles. The number of hydrogen-bond donors (Lipinski definition) is 1. The number of aromatic hydroxyl groups is 1. The van der Waals surface area contributed by atoms with Gasteiger partial charge >= 0.3 is 17.9 Å². The van der Waals surface area contributed by atoms with Crippen LogP contribution in [0, 0.1) is 6.92 Å². The van der Waals surface area contributed by atoms with Crippen molar-refractivity contribution in [3.63, 3.8) is 0 Å². The fourth-order valence-electron chi connectivity index (χ4n) is 2.59. The Hall–Kier alpha value is -3.41. The molecule has 0 spiro atoms. The molecule has 146 valence electrons. The third kappa shape index (κ3) is 5.30. The summed E-state index contributed by atoms with van der Waals surface area (Å²) >= 11 is 0. The summed E-state index contributed by atoms with van der Waals surface area (Å²) in [6, 6.07) is 11.0. The van der Waals surface area contributed by atoms with E-state index in [2.05, 4.69) is 6.58 Å². The number of esters is 3. The molecule has 2 aromatic rings. The van der Waals surface area contributed by atoms with Crippen LogP contribution in [-0.4, -0.2) is 29.6 Å². The minimum Gasteiger partial charge on any atom is -0.508 e. The molecule has 2 rings (SSSR count). The Bertz CT molecular complexity index is 899. The van der Waals surface area contributed by atoms with Gasteiger partial charge in [-0.15, -0.1) is 0 Å². The van der Waals surface area contributed by atoms with Crippen LogP contribution < -0.4 is 0 Å². The van der Waals surface area contributed by atoms with E-state index in [1.54, 1.807) is 44.2 Å². The van der Waals surface area contributed by atoms with Crippen molar-refractivity contribution in [2.24, 2.45) is 0 Å². The van der Waals surface area contributed by atoms with Gasteiger partial charge < -0.3 is 14.6 Å². The van der Waals surface area contributed by atoms with E-state index in [0.717, 1.165) is 0 Å². The Kier molecular flexibility index (Phi) is 7.09. The van der Waals surface area contributed by atoms with Gasteiger partial charge in [-0.05, 0) is 62.1 Å². The van der Waals surface area contributed by atoms with Gasteiger partial charge in [0.05, 0.1) is 17.7 Å². The lowest BCUT2D eigenvalue weighted by molar-refractivity contribution is -0.139. The van der Waals surface area contributed by atoms with Crippen molar-refractivity contribution in [3.8, 4) is 5.75 Å². The molecule has 0 radical (unpaired) electrons. The number of hydrogen-bond acceptors (Lipinski definition) is 6. The summed E-state index contributed by atoms with van der Waals surface area (Å²) in [5, 5.41) is 10.1. The van der Waals surface area contributed by atoms with Crippen LogP contribution in [0.2, 0.25) is 0 Å². The number of benzene rings is 2. The number of phenolic OH excluding ortho intramolecular Hbond substituents is 1. The summed E-state index contributed by atoms with van der Waals surface area (Å²) in [4.78, 5) is 35.9. The topological polar surface area (TPSA) is 89.9 Å². The van der Waals surface area contributed by atoms with E-state index in [-0.39, 0.29) is 23.5 Å². The highest BCUT2D eigenvalue weighted by Crippen LogP contribution is 2.26. The molecule has 0 amide bonds. The molecule has 6 nitrogen and oxygen atoms in total. The van der Waals surface area contributed by atoms with Crippen molar-refractivity contribution >= 4 is 17.9 Å². The molecule has 2 aromatic carbocycles. The highest BCUT2D eigenvalue weighted by Gasteiger charge is 2.19. The van der Waals surface area contributed by atoms with E-state index in [1.165, 1.54) is 12.1 Å². The summed E-state index contributed by atoms with van der Waals surface area (Å²) in [5.74, 6) is -1.99. The van der Waals surface area contributed by atoms with E-state index in [1.807, 2.05) is 0 Å². The molecule has 28 heavy (non-hydrogen) atoms. The molecule has 0 saturated heterocycles. The zero-order valence-electron chi connectivity index (χ0n) is 15.9. The molecule has 0 bridgehead atoms. The van der Waals surface area contributed by atoms with Gasteiger partial charge in [0.15, 0.2) is 0 Å². The molecule has 0 aliphatic carbocycles. The van der Waals surface area contributed by atoms with Gasteiger partial charge in [0.2, 0.25) is 0 Å². The van der Waals surface area contributed by atoms with E-state index in [4.69, 9.17) is 9.47 Å². The van der Waals surface area contributed by atoms with Crippen LogP contribution in [0.15, 0.2) is 54.6 Å². The van der Waals surface area contributed by atoms with Crippen LogP contribution in [0.1, 0.15) is 45.2 Å². The molecule has 0 fully saturated rings. The Morgan fingerprint density at radius 3 is 2.36 bits per heavy atom. The predicted molar refractivity (Wildman–Crippen MR) is 103 cm³/mol. The summed E-state index contributed by atoms with van der Waals surface area (Å²) in [5.41, 5.74) is 1.82. The number of carbonyl (C=O) groups is 3. The van der Waals surface area contributed by atoms with E-state index >= 15 is 0 Å². The second-order valence-corrected chi connectivity index (χ2v) is 6.30. The molecule has 6 heteroatoms. The fourth-order valence-corrected chi connectivity index (χ4v) is 2.59. The molecule has 0 aliphatic rings. The van der Waals surface area contributed by atoms with Gasteiger partial charge in [0.25, 0.3) is 0 Å². The van der Waals surface area contributed by atoms with Crippen LogP contribution in [0.3, 0.4) is 0 Å². The molecular weight excluding hydrogens is 360 g/mol. The van der Waals surface area contributed by atoms with Gasteiger partial charge in [0, 0.05) is 5.57 Å². The van der Waals surface area contributed by atoms with Crippen molar-refractivity contribution in [3.05, 3.63) is 76.9 Å². The molecule has 1 N–H and O–H groups in total. The molecule has 0 unspecified atom stereocenters. The zero-order valence-corrected chi connectivity index (χ0v) is 15.9. The lowest BCUT2D eigenvalue weighted by Gasteiger charge is -2.13. The van der Waals surface area contributed by atoms with Gasteiger partial charge in [-0.25, -0.2) is 14.4 Å². The molecule has 0 aromatic heterocycles. The second kappa shape index (κ2) is 9.50. The first-order chi connectivity index (χ1) is 13.3. The quantitative estimate of drug-likeness (QED) is 0.339. The maximum atomic E-state index is 12.4. The standard InChI is InChI=1S/C22H22O6/c1-14(2)20(24)27-13-7-10-17-15(3)18(11-12-19(17)23)22(26)28-21(25)16-8-5-4-6-9-16/h4-6,8-9,11-12,23H,1,7,10,13H2,2-3H3. The van der Waals surface area contributed by atoms with Gasteiger partial charge in [-0.2, -0.15) is 0 Å². The van der Waals surface area contributed by atoms with E-state index in [9.17, 15) is 19.5 Å². The highest BCUT2D eigenvalue weighted by atomic mass is 16.6. The van der Waals surface area contributed by atoms with Crippen molar-refractivity contribution in [2.45, 2.75) is 26.7 Å². The summed E-state index contributed by atoms with van der Waals surface area (Å²) in [7, 11) is 0. The van der Waals surface area contributed by atoms with E-state index < -0.39 is 17.9 Å². The largest absolute Gasteiger partial charge is 0.508 e. The number of carbonyl (C=O) groups excluding carboxylic acids is 3. The Morgan fingerprint density at radius 1 is 1.04 bits per heavy atom.